The number of alkyl halides is 16. The van der Waals surface area contributed by atoms with Crippen molar-refractivity contribution in [2.75, 3.05) is 13.7 Å². The van der Waals surface area contributed by atoms with E-state index >= 15 is 0 Å². The maximum atomic E-state index is 14.1. The van der Waals surface area contributed by atoms with Crippen molar-refractivity contribution in [1.29, 1.82) is 0 Å². The summed E-state index contributed by atoms with van der Waals surface area (Å²) in [5.74, 6) is -38.4. The number of methoxy groups -OCH3 is 1. The van der Waals surface area contributed by atoms with Crippen molar-refractivity contribution in [3.8, 4) is 5.75 Å². The summed E-state index contributed by atoms with van der Waals surface area (Å²) in [6, 6.07) is 2.95. The number of hydrogen-bond donors (Lipinski definition) is 0. The van der Waals surface area contributed by atoms with Gasteiger partial charge in [-0.3, -0.25) is 0 Å². The molecule has 0 N–H and O–H groups in total. The minimum Gasteiger partial charge on any atom is -0.497 e. The second-order valence-corrected chi connectivity index (χ2v) is 6.89. The van der Waals surface area contributed by atoms with Gasteiger partial charge in [-0.05, 0) is 17.7 Å². The molecule has 0 amide bonds. The predicted octanol–water partition coefficient (Wildman–Crippen LogP) is 7.44. The summed E-state index contributed by atoms with van der Waals surface area (Å²) in [5.41, 5.74) is -0.846. The molecule has 0 aliphatic heterocycles. The third kappa shape index (κ3) is 5.82. The van der Waals surface area contributed by atoms with Crippen LogP contribution in [0.5, 0.6) is 5.75 Å². The van der Waals surface area contributed by atoms with Crippen LogP contribution in [0, 0.1) is 0 Å². The van der Waals surface area contributed by atoms with Crippen molar-refractivity contribution in [3.63, 3.8) is 0 Å². The molecular formula is C17H12F16O2. The minimum absolute atomic E-state index is 0.0824. The molecule has 0 bridgehead atoms. The number of hydrogen-bond acceptors (Lipinski definition) is 2. The maximum Gasteiger partial charge on any atom is 0.460 e. The lowest BCUT2D eigenvalue weighted by Crippen LogP contribution is -2.70. The normalized spacial score (nSPS) is 15.8. The second-order valence-electron chi connectivity index (χ2n) is 6.89. The van der Waals surface area contributed by atoms with E-state index in [2.05, 4.69) is 9.47 Å². The van der Waals surface area contributed by atoms with E-state index in [0.29, 0.717) is 12.1 Å². The zero-order valence-electron chi connectivity index (χ0n) is 16.7. The zero-order chi connectivity index (χ0) is 27.9. The summed E-state index contributed by atoms with van der Waals surface area (Å²) >= 11 is 0. The van der Waals surface area contributed by atoms with Crippen LogP contribution in [-0.4, -0.2) is 55.7 Å². The Kier molecular flexibility index (Phi) is 8.28. The average molecular weight is 552 g/mol. The van der Waals surface area contributed by atoms with Crippen LogP contribution in [0.1, 0.15) is 18.1 Å². The van der Waals surface area contributed by atoms with E-state index in [9.17, 15) is 70.2 Å². The van der Waals surface area contributed by atoms with Crippen molar-refractivity contribution in [3.05, 3.63) is 29.8 Å². The molecule has 1 atom stereocenters. The highest BCUT2D eigenvalue weighted by atomic mass is 19.4. The van der Waals surface area contributed by atoms with E-state index in [-0.39, 0.29) is 5.75 Å². The van der Waals surface area contributed by atoms with Crippen molar-refractivity contribution in [2.24, 2.45) is 0 Å². The van der Waals surface area contributed by atoms with Crippen molar-refractivity contribution >= 4 is 0 Å². The quantitative estimate of drug-likeness (QED) is 0.281. The fraction of sp³-hybridized carbons (Fsp3) is 0.647. The van der Waals surface area contributed by atoms with Gasteiger partial charge in [0.1, 0.15) is 12.4 Å². The van der Waals surface area contributed by atoms with Crippen LogP contribution in [0.25, 0.3) is 0 Å². The Morgan fingerprint density at radius 3 is 1.43 bits per heavy atom. The lowest BCUT2D eigenvalue weighted by molar-refractivity contribution is -0.441. The lowest BCUT2D eigenvalue weighted by atomic mass is 9.90. The molecule has 0 heterocycles. The first-order valence-electron chi connectivity index (χ1n) is 8.64. The van der Waals surface area contributed by atoms with Gasteiger partial charge in [-0.15, -0.1) is 0 Å². The Morgan fingerprint density at radius 2 is 1.06 bits per heavy atom. The van der Waals surface area contributed by atoms with Gasteiger partial charge in [0.15, 0.2) is 0 Å². The number of rotatable bonds is 10. The molecule has 35 heavy (non-hydrogen) atoms. The highest BCUT2D eigenvalue weighted by Gasteiger charge is 2.90. The third-order valence-electron chi connectivity index (χ3n) is 4.38. The van der Waals surface area contributed by atoms with Gasteiger partial charge in [0.2, 0.25) is 0 Å². The maximum absolute atomic E-state index is 14.1. The van der Waals surface area contributed by atoms with Crippen LogP contribution in [0.15, 0.2) is 24.3 Å². The Balaban J connectivity index is 3.48. The molecule has 1 rings (SSSR count). The van der Waals surface area contributed by atoms with Gasteiger partial charge in [0.25, 0.3) is 0 Å². The molecular weight excluding hydrogens is 540 g/mol. The highest BCUT2D eigenvalue weighted by Crippen LogP contribution is 2.61. The molecule has 1 aromatic carbocycles. The van der Waals surface area contributed by atoms with Crippen LogP contribution in [0.4, 0.5) is 70.2 Å². The van der Waals surface area contributed by atoms with E-state index < -0.39 is 66.7 Å². The van der Waals surface area contributed by atoms with E-state index in [1.54, 1.807) is 0 Å². The first-order chi connectivity index (χ1) is 15.4. The van der Waals surface area contributed by atoms with Gasteiger partial charge in [0.05, 0.1) is 13.2 Å². The average Bonchev–Trinajstić information content (AvgIpc) is 2.69. The van der Waals surface area contributed by atoms with Crippen LogP contribution >= 0.6 is 0 Å². The molecule has 0 saturated carbocycles. The van der Waals surface area contributed by atoms with Gasteiger partial charge in [-0.25, -0.2) is 0 Å². The molecule has 204 valence electrons. The zero-order valence-corrected chi connectivity index (χ0v) is 16.7. The molecule has 0 saturated heterocycles. The Bertz CT molecular complexity index is 841. The Morgan fingerprint density at radius 1 is 0.629 bits per heavy atom. The minimum atomic E-state index is -8.12. The molecule has 0 spiro atoms. The number of halogens is 16. The topological polar surface area (TPSA) is 18.5 Å². The molecule has 0 aliphatic rings. The van der Waals surface area contributed by atoms with E-state index in [1.165, 1.54) is 0 Å². The van der Waals surface area contributed by atoms with Gasteiger partial charge in [-0.2, -0.15) is 70.2 Å². The highest BCUT2D eigenvalue weighted by molar-refractivity contribution is 5.29. The van der Waals surface area contributed by atoms with Crippen molar-refractivity contribution < 1.29 is 79.7 Å². The summed E-state index contributed by atoms with van der Waals surface area (Å²) in [6.45, 7) is -2.45. The van der Waals surface area contributed by atoms with Gasteiger partial charge in [-0.1, -0.05) is 12.1 Å². The van der Waals surface area contributed by atoms with Crippen molar-refractivity contribution in [2.45, 2.75) is 54.5 Å². The molecule has 2 nitrogen and oxygen atoms in total. The van der Waals surface area contributed by atoms with Crippen LogP contribution < -0.4 is 4.74 Å². The smallest absolute Gasteiger partial charge is 0.460 e. The largest absolute Gasteiger partial charge is 0.497 e. The van der Waals surface area contributed by atoms with Crippen LogP contribution in [-0.2, 0) is 4.74 Å². The first kappa shape index (κ1) is 30.9. The van der Waals surface area contributed by atoms with Crippen molar-refractivity contribution in [1.82, 2.24) is 0 Å². The Labute approximate surface area is 184 Å². The predicted molar refractivity (Wildman–Crippen MR) is 83.1 cm³/mol. The number of benzene rings is 1. The van der Waals surface area contributed by atoms with E-state index in [0.717, 1.165) is 19.2 Å². The summed E-state index contributed by atoms with van der Waals surface area (Å²) in [5, 5.41) is 0. The summed E-state index contributed by atoms with van der Waals surface area (Å²) in [4.78, 5) is 0. The molecule has 0 fully saturated rings. The molecule has 0 aromatic heterocycles. The van der Waals surface area contributed by atoms with Gasteiger partial charge >= 0.3 is 42.0 Å². The number of ether oxygens (including phenoxy) is 2. The summed E-state index contributed by atoms with van der Waals surface area (Å²) in [7, 11) is 1.06. The first-order valence-corrected chi connectivity index (χ1v) is 8.64. The summed E-state index contributed by atoms with van der Waals surface area (Å²) in [6.07, 6.45) is -18.8. The lowest BCUT2D eigenvalue weighted by Gasteiger charge is -2.40. The molecule has 0 aliphatic carbocycles. The van der Waals surface area contributed by atoms with E-state index in [1.807, 2.05) is 0 Å². The fourth-order valence-electron chi connectivity index (χ4n) is 2.45. The third-order valence-corrected chi connectivity index (χ3v) is 4.38. The van der Waals surface area contributed by atoms with E-state index in [4.69, 9.17) is 0 Å². The summed E-state index contributed by atoms with van der Waals surface area (Å²) < 4.78 is 218. The Hall–Kier alpha value is -2.14. The van der Waals surface area contributed by atoms with Gasteiger partial charge in [0, 0.05) is 6.42 Å². The second kappa shape index (κ2) is 9.38. The molecule has 0 radical (unpaired) electrons. The molecule has 18 heteroatoms. The van der Waals surface area contributed by atoms with Crippen LogP contribution in [0.3, 0.4) is 0 Å². The fourth-order valence-corrected chi connectivity index (χ4v) is 2.45. The molecule has 1 unspecified atom stereocenters. The standard InChI is InChI=1S/C17H12F16O2/c1-34-9-4-2-8(3-5-9)10(35-7-12(20,21)22)6-11(18,19)13(23,24)14(25,26)15(27,28)16(29,30)17(31,32)33/h2-5,10H,6-7H2,1H3. The van der Waals surface area contributed by atoms with Crippen LogP contribution in [0.2, 0.25) is 0 Å². The van der Waals surface area contributed by atoms with Gasteiger partial charge < -0.3 is 9.47 Å². The molecule has 1 aromatic rings. The monoisotopic (exact) mass is 552 g/mol. The SMILES string of the molecule is COc1ccc(C(CC(F)(F)C(F)(F)C(F)(F)C(F)(F)C(F)(F)C(F)(F)F)OCC(F)(F)F)cc1.